The highest BCUT2D eigenvalue weighted by Crippen LogP contribution is 2.19. The molecule has 26 heavy (non-hydrogen) atoms. The van der Waals surface area contributed by atoms with Gasteiger partial charge in [0, 0.05) is 30.5 Å². The molecule has 0 saturated carbocycles. The molecule has 0 bridgehead atoms. The van der Waals surface area contributed by atoms with Gasteiger partial charge in [-0.15, -0.1) is 0 Å². The number of nitrogens with one attached hydrogen (secondary N) is 2. The highest BCUT2D eigenvalue weighted by atomic mass is 35.5. The zero-order valence-electron chi connectivity index (χ0n) is 14.2. The van der Waals surface area contributed by atoms with Crippen molar-refractivity contribution in [3.8, 4) is 0 Å². The summed E-state index contributed by atoms with van der Waals surface area (Å²) in [5.74, 6) is -0.0741. The molecule has 1 unspecified atom stereocenters. The number of carbonyl (C=O) groups excluding carboxylic acids is 2. The molecule has 2 N–H and O–H groups in total. The molecule has 0 spiro atoms. The van der Waals surface area contributed by atoms with Crippen molar-refractivity contribution in [3.05, 3.63) is 53.3 Å². The largest absolute Gasteiger partial charge is 0.340 e. The summed E-state index contributed by atoms with van der Waals surface area (Å²) >= 11 is 5.82. The van der Waals surface area contributed by atoms with Crippen LogP contribution < -0.4 is 15.8 Å². The normalized spacial score (nSPS) is 16.8. The molecule has 3 rings (SSSR count). The van der Waals surface area contributed by atoms with Gasteiger partial charge in [0.1, 0.15) is 0 Å². The van der Waals surface area contributed by atoms with Crippen molar-refractivity contribution in [1.82, 2.24) is 20.8 Å². The monoisotopic (exact) mass is 373 g/mol. The third kappa shape index (κ3) is 4.92. The Morgan fingerprint density at radius 3 is 2.62 bits per heavy atom. The predicted molar refractivity (Wildman–Crippen MR) is 98.4 cm³/mol. The first-order chi connectivity index (χ1) is 12.6. The van der Waals surface area contributed by atoms with Crippen LogP contribution >= 0.6 is 11.6 Å². The van der Waals surface area contributed by atoms with Gasteiger partial charge >= 0.3 is 0 Å². The lowest BCUT2D eigenvalue weighted by atomic mass is 9.98. The van der Waals surface area contributed by atoms with Gasteiger partial charge in [0.15, 0.2) is 0 Å². The molecular formula is C18H20ClN5O2. The van der Waals surface area contributed by atoms with Gasteiger partial charge in [-0.2, -0.15) is 0 Å². The fourth-order valence-corrected chi connectivity index (χ4v) is 3.02. The maximum absolute atomic E-state index is 12.4. The number of carbonyl (C=O) groups is 2. The van der Waals surface area contributed by atoms with E-state index < -0.39 is 0 Å². The molecule has 7 nitrogen and oxygen atoms in total. The quantitative estimate of drug-likeness (QED) is 0.797. The summed E-state index contributed by atoms with van der Waals surface area (Å²) < 4.78 is 0. The molecule has 8 heteroatoms. The molecule has 2 aromatic rings. The van der Waals surface area contributed by atoms with Crippen LogP contribution in [0.2, 0.25) is 5.02 Å². The Hall–Kier alpha value is -2.67. The van der Waals surface area contributed by atoms with Crippen molar-refractivity contribution in [2.45, 2.75) is 19.3 Å². The van der Waals surface area contributed by atoms with Crippen molar-refractivity contribution >= 4 is 29.4 Å². The van der Waals surface area contributed by atoms with E-state index in [2.05, 4.69) is 20.8 Å². The SMILES string of the molecule is O=C(Cc1ccc(Cl)cc1)NNC(=O)C1CCCN(c2ncccn2)C1. The lowest BCUT2D eigenvalue weighted by molar-refractivity contribution is -0.131. The number of hydrazine groups is 1. The van der Waals surface area contributed by atoms with Crippen molar-refractivity contribution in [2.75, 3.05) is 18.0 Å². The Labute approximate surface area is 156 Å². The van der Waals surface area contributed by atoms with Gasteiger partial charge in [0.05, 0.1) is 12.3 Å². The van der Waals surface area contributed by atoms with Gasteiger partial charge < -0.3 is 4.90 Å². The van der Waals surface area contributed by atoms with Crippen LogP contribution in [0.25, 0.3) is 0 Å². The first kappa shape index (κ1) is 18.1. The summed E-state index contributed by atoms with van der Waals surface area (Å²) in [5, 5.41) is 0.617. The number of rotatable bonds is 4. The minimum Gasteiger partial charge on any atom is -0.340 e. The molecule has 0 radical (unpaired) electrons. The highest BCUT2D eigenvalue weighted by Gasteiger charge is 2.27. The summed E-state index contributed by atoms with van der Waals surface area (Å²) in [4.78, 5) is 34.8. The second kappa shape index (κ2) is 8.62. The zero-order chi connectivity index (χ0) is 18.4. The van der Waals surface area contributed by atoms with Crippen LogP contribution in [0.3, 0.4) is 0 Å². The van der Waals surface area contributed by atoms with E-state index in [0.29, 0.717) is 17.5 Å². The lowest BCUT2D eigenvalue weighted by Crippen LogP contribution is -2.49. The third-order valence-electron chi connectivity index (χ3n) is 4.23. The van der Waals surface area contributed by atoms with Crippen LogP contribution in [0.1, 0.15) is 18.4 Å². The van der Waals surface area contributed by atoms with E-state index in [4.69, 9.17) is 11.6 Å². The van der Waals surface area contributed by atoms with E-state index in [-0.39, 0.29) is 24.2 Å². The first-order valence-corrected chi connectivity index (χ1v) is 8.85. The lowest BCUT2D eigenvalue weighted by Gasteiger charge is -2.31. The average Bonchev–Trinajstić information content (AvgIpc) is 2.69. The van der Waals surface area contributed by atoms with E-state index >= 15 is 0 Å². The van der Waals surface area contributed by atoms with E-state index in [1.807, 2.05) is 4.90 Å². The molecule has 1 aromatic heterocycles. The summed E-state index contributed by atoms with van der Waals surface area (Å²) in [6, 6.07) is 8.77. The number of nitrogens with zero attached hydrogens (tertiary/aromatic N) is 3. The molecule has 1 saturated heterocycles. The van der Waals surface area contributed by atoms with Crippen LogP contribution in [-0.4, -0.2) is 34.9 Å². The van der Waals surface area contributed by atoms with Gasteiger partial charge in [-0.1, -0.05) is 23.7 Å². The molecule has 1 atom stereocenters. The second-order valence-electron chi connectivity index (χ2n) is 6.17. The van der Waals surface area contributed by atoms with Gasteiger partial charge in [-0.25, -0.2) is 9.97 Å². The topological polar surface area (TPSA) is 87.2 Å². The molecule has 0 aliphatic carbocycles. The number of anilines is 1. The van der Waals surface area contributed by atoms with E-state index in [1.165, 1.54) is 0 Å². The number of benzene rings is 1. The maximum Gasteiger partial charge on any atom is 0.243 e. The minimum absolute atomic E-state index is 0.173. The molecule has 136 valence electrons. The number of piperidine rings is 1. The number of amides is 2. The molecule has 1 aliphatic heterocycles. The Kier molecular flexibility index (Phi) is 6.01. The Bertz CT molecular complexity index is 754. The Morgan fingerprint density at radius 1 is 1.15 bits per heavy atom. The van der Waals surface area contributed by atoms with Gasteiger partial charge in [0.25, 0.3) is 0 Å². The third-order valence-corrected chi connectivity index (χ3v) is 4.48. The van der Waals surface area contributed by atoms with Gasteiger partial charge in [-0.3, -0.25) is 20.4 Å². The summed E-state index contributed by atoms with van der Waals surface area (Å²) in [5.41, 5.74) is 5.83. The molecular weight excluding hydrogens is 354 g/mol. The van der Waals surface area contributed by atoms with Crippen LogP contribution in [0.5, 0.6) is 0 Å². The zero-order valence-corrected chi connectivity index (χ0v) is 14.9. The number of hydrogen-bond acceptors (Lipinski definition) is 5. The van der Waals surface area contributed by atoms with E-state index in [9.17, 15) is 9.59 Å². The summed E-state index contributed by atoms with van der Waals surface area (Å²) in [6.45, 7) is 1.35. The first-order valence-electron chi connectivity index (χ1n) is 8.47. The maximum atomic E-state index is 12.4. The number of halogens is 1. The van der Waals surface area contributed by atoms with Crippen LogP contribution in [-0.2, 0) is 16.0 Å². The molecule has 2 amide bonds. The van der Waals surface area contributed by atoms with Crippen molar-refractivity contribution < 1.29 is 9.59 Å². The molecule has 1 aliphatic rings. The fourth-order valence-electron chi connectivity index (χ4n) is 2.89. The van der Waals surface area contributed by atoms with E-state index in [0.717, 1.165) is 24.9 Å². The van der Waals surface area contributed by atoms with Crippen LogP contribution in [0, 0.1) is 5.92 Å². The smallest absolute Gasteiger partial charge is 0.243 e. The summed E-state index contributed by atoms with van der Waals surface area (Å²) in [6.07, 6.45) is 5.18. The van der Waals surface area contributed by atoms with Crippen molar-refractivity contribution in [3.63, 3.8) is 0 Å². The van der Waals surface area contributed by atoms with Crippen molar-refractivity contribution in [2.24, 2.45) is 5.92 Å². The van der Waals surface area contributed by atoms with Gasteiger partial charge in [-0.05, 0) is 36.6 Å². The highest BCUT2D eigenvalue weighted by molar-refractivity contribution is 6.30. The average molecular weight is 374 g/mol. The molecule has 1 aromatic carbocycles. The van der Waals surface area contributed by atoms with Crippen molar-refractivity contribution in [1.29, 1.82) is 0 Å². The fraction of sp³-hybridized carbons (Fsp3) is 0.333. The summed E-state index contributed by atoms with van der Waals surface area (Å²) in [7, 11) is 0. The number of hydrogen-bond donors (Lipinski definition) is 2. The Morgan fingerprint density at radius 2 is 1.88 bits per heavy atom. The Balaban J connectivity index is 1.48. The van der Waals surface area contributed by atoms with Gasteiger partial charge in [0.2, 0.25) is 17.8 Å². The molecule has 1 fully saturated rings. The van der Waals surface area contributed by atoms with Crippen LogP contribution in [0.4, 0.5) is 5.95 Å². The number of aromatic nitrogens is 2. The van der Waals surface area contributed by atoms with Crippen LogP contribution in [0.15, 0.2) is 42.7 Å². The standard InChI is InChI=1S/C18H20ClN5O2/c19-15-6-4-13(5-7-15)11-16(25)22-23-17(26)14-3-1-10-24(12-14)18-20-8-2-9-21-18/h2,4-9,14H,1,3,10-12H2,(H,22,25)(H,23,26). The minimum atomic E-state index is -0.278. The van der Waals surface area contributed by atoms with E-state index in [1.54, 1.807) is 42.7 Å². The predicted octanol–water partition coefficient (Wildman–Crippen LogP) is 1.74. The second-order valence-corrected chi connectivity index (χ2v) is 6.61. The molecule has 2 heterocycles.